The molecule has 1 unspecified atom stereocenters. The standard InChI is InChI=1S/C29H29N3O3/c1-35-29(34)24-9-7-20(16-23(24)15-19-5-3-2-4-6-19)17-27(33)22-8-10-26-25(18-22)28(32-31-26)21-11-13-30-14-12-21/h2-6,8,10-14,18,20,23-24H,7,9,15-17H2,1H3,(H,31,32)/t20-,23?,24-/m1/s1. The molecule has 0 aliphatic heterocycles. The van der Waals surface area contributed by atoms with Crippen LogP contribution in [-0.2, 0) is 16.0 Å². The molecule has 1 aliphatic carbocycles. The van der Waals surface area contributed by atoms with Gasteiger partial charge in [0, 0.05) is 35.3 Å². The summed E-state index contributed by atoms with van der Waals surface area (Å²) < 4.78 is 5.11. The number of pyridine rings is 1. The van der Waals surface area contributed by atoms with E-state index in [1.165, 1.54) is 12.7 Å². The summed E-state index contributed by atoms with van der Waals surface area (Å²) >= 11 is 0. The average Bonchev–Trinajstić information content (AvgIpc) is 3.33. The first-order valence-electron chi connectivity index (χ1n) is 12.2. The summed E-state index contributed by atoms with van der Waals surface area (Å²) in [5, 5.41) is 8.44. The molecular weight excluding hydrogens is 438 g/mol. The van der Waals surface area contributed by atoms with Crippen LogP contribution in [0.1, 0.15) is 41.6 Å². The molecule has 0 bridgehead atoms. The van der Waals surface area contributed by atoms with E-state index in [4.69, 9.17) is 4.74 Å². The number of ketones is 1. The maximum absolute atomic E-state index is 13.3. The van der Waals surface area contributed by atoms with E-state index in [2.05, 4.69) is 27.3 Å². The molecule has 3 atom stereocenters. The summed E-state index contributed by atoms with van der Waals surface area (Å²) in [6.07, 6.45) is 7.23. The molecule has 2 aromatic heterocycles. The SMILES string of the molecule is COC(=O)[C@@H]1CC[C@@H](CC(=O)c2ccc3[nH]nc(-c4ccncc4)c3c2)CC1Cc1ccccc1. The summed E-state index contributed by atoms with van der Waals surface area (Å²) in [7, 11) is 1.46. The Balaban J connectivity index is 1.33. The number of hydrogen-bond donors (Lipinski definition) is 1. The Labute approximate surface area is 204 Å². The monoisotopic (exact) mass is 467 g/mol. The molecule has 35 heavy (non-hydrogen) atoms. The number of fused-ring (bicyclic) bond motifs is 1. The molecule has 6 heteroatoms. The van der Waals surface area contributed by atoms with Crippen molar-refractivity contribution in [1.29, 1.82) is 0 Å². The quantitative estimate of drug-likeness (QED) is 0.281. The van der Waals surface area contributed by atoms with Crippen molar-refractivity contribution in [3.05, 3.63) is 84.2 Å². The van der Waals surface area contributed by atoms with Gasteiger partial charge in [-0.15, -0.1) is 0 Å². The van der Waals surface area contributed by atoms with Gasteiger partial charge in [0.25, 0.3) is 0 Å². The number of ether oxygens (including phenoxy) is 1. The van der Waals surface area contributed by atoms with Crippen LogP contribution in [0.25, 0.3) is 22.2 Å². The Hall–Kier alpha value is -3.80. The first-order valence-corrected chi connectivity index (χ1v) is 12.2. The predicted molar refractivity (Wildman–Crippen MR) is 135 cm³/mol. The van der Waals surface area contributed by atoms with Crippen LogP contribution < -0.4 is 0 Å². The summed E-state index contributed by atoms with van der Waals surface area (Å²) in [4.78, 5) is 29.9. The molecular formula is C29H29N3O3. The van der Waals surface area contributed by atoms with Gasteiger partial charge in [0.2, 0.25) is 0 Å². The lowest BCUT2D eigenvalue weighted by molar-refractivity contribution is -0.149. The van der Waals surface area contributed by atoms with Crippen LogP contribution >= 0.6 is 0 Å². The van der Waals surface area contributed by atoms with Crippen LogP contribution in [0.5, 0.6) is 0 Å². The van der Waals surface area contributed by atoms with E-state index in [1.807, 2.05) is 48.5 Å². The molecule has 5 rings (SSSR count). The number of esters is 1. The zero-order valence-electron chi connectivity index (χ0n) is 19.8. The first-order chi connectivity index (χ1) is 17.1. The van der Waals surface area contributed by atoms with Crippen LogP contribution in [0, 0.1) is 17.8 Å². The van der Waals surface area contributed by atoms with Gasteiger partial charge in [-0.05, 0) is 73.4 Å². The highest BCUT2D eigenvalue weighted by molar-refractivity contribution is 6.02. The zero-order valence-corrected chi connectivity index (χ0v) is 19.8. The van der Waals surface area contributed by atoms with Crippen LogP contribution in [0.2, 0.25) is 0 Å². The largest absolute Gasteiger partial charge is 0.469 e. The third-order valence-corrected chi connectivity index (χ3v) is 7.25. The molecule has 1 fully saturated rings. The van der Waals surface area contributed by atoms with E-state index >= 15 is 0 Å². The van der Waals surface area contributed by atoms with E-state index in [1.54, 1.807) is 12.4 Å². The smallest absolute Gasteiger partial charge is 0.308 e. The van der Waals surface area contributed by atoms with Crippen molar-refractivity contribution in [2.24, 2.45) is 17.8 Å². The number of aromatic amines is 1. The van der Waals surface area contributed by atoms with E-state index in [9.17, 15) is 9.59 Å². The minimum absolute atomic E-state index is 0.114. The van der Waals surface area contributed by atoms with Gasteiger partial charge in [0.1, 0.15) is 5.69 Å². The van der Waals surface area contributed by atoms with E-state index < -0.39 is 0 Å². The van der Waals surface area contributed by atoms with Crippen molar-refractivity contribution in [1.82, 2.24) is 15.2 Å². The topological polar surface area (TPSA) is 84.9 Å². The number of methoxy groups -OCH3 is 1. The number of carbonyl (C=O) groups excluding carboxylic acids is 2. The highest BCUT2D eigenvalue weighted by Gasteiger charge is 2.36. The van der Waals surface area contributed by atoms with Crippen LogP contribution in [-0.4, -0.2) is 34.0 Å². The maximum Gasteiger partial charge on any atom is 0.308 e. The zero-order chi connectivity index (χ0) is 24.2. The minimum Gasteiger partial charge on any atom is -0.469 e. The molecule has 0 amide bonds. The van der Waals surface area contributed by atoms with E-state index in [-0.39, 0.29) is 29.5 Å². The number of carbonyl (C=O) groups is 2. The Bertz CT molecular complexity index is 1320. The molecule has 1 N–H and O–H groups in total. The van der Waals surface area contributed by atoms with Crippen molar-refractivity contribution in [3.63, 3.8) is 0 Å². The van der Waals surface area contributed by atoms with Gasteiger partial charge in [-0.2, -0.15) is 5.10 Å². The third-order valence-electron chi connectivity index (χ3n) is 7.25. The molecule has 178 valence electrons. The second-order valence-electron chi connectivity index (χ2n) is 9.45. The highest BCUT2D eigenvalue weighted by atomic mass is 16.5. The summed E-state index contributed by atoms with van der Waals surface area (Å²) in [5.74, 6) is 0.304. The molecule has 2 aromatic carbocycles. The van der Waals surface area contributed by atoms with Crippen molar-refractivity contribution in [2.45, 2.75) is 32.1 Å². The van der Waals surface area contributed by atoms with Gasteiger partial charge in [0.05, 0.1) is 18.5 Å². The Morgan fingerprint density at radius 3 is 2.60 bits per heavy atom. The fourth-order valence-electron chi connectivity index (χ4n) is 5.45. The molecule has 1 aliphatic rings. The van der Waals surface area contributed by atoms with E-state index in [0.717, 1.165) is 47.8 Å². The number of H-pyrrole nitrogens is 1. The Morgan fingerprint density at radius 1 is 1.03 bits per heavy atom. The molecule has 0 spiro atoms. The molecule has 1 saturated carbocycles. The maximum atomic E-state index is 13.3. The number of hydrogen-bond acceptors (Lipinski definition) is 5. The number of benzene rings is 2. The van der Waals surface area contributed by atoms with E-state index in [0.29, 0.717) is 12.0 Å². The summed E-state index contributed by atoms with van der Waals surface area (Å²) in [6, 6.07) is 19.8. The van der Waals surface area contributed by atoms with Crippen LogP contribution in [0.3, 0.4) is 0 Å². The molecule has 6 nitrogen and oxygen atoms in total. The van der Waals surface area contributed by atoms with Gasteiger partial charge < -0.3 is 4.74 Å². The number of rotatable bonds is 7. The molecule has 0 radical (unpaired) electrons. The fourth-order valence-corrected chi connectivity index (χ4v) is 5.45. The second kappa shape index (κ2) is 10.2. The molecule has 2 heterocycles. The van der Waals surface area contributed by atoms with Crippen LogP contribution in [0.15, 0.2) is 73.1 Å². The third kappa shape index (κ3) is 5.02. The van der Waals surface area contributed by atoms with Gasteiger partial charge in [0.15, 0.2) is 5.78 Å². The van der Waals surface area contributed by atoms with Gasteiger partial charge in [-0.25, -0.2) is 0 Å². The summed E-state index contributed by atoms with van der Waals surface area (Å²) in [5.41, 5.74) is 4.59. The minimum atomic E-state index is -0.134. The van der Waals surface area contributed by atoms with Crippen molar-refractivity contribution in [2.75, 3.05) is 7.11 Å². The fraction of sp³-hybridized carbons (Fsp3) is 0.310. The van der Waals surface area contributed by atoms with Gasteiger partial charge >= 0.3 is 5.97 Å². The second-order valence-corrected chi connectivity index (χ2v) is 9.45. The molecule has 4 aromatic rings. The Kier molecular flexibility index (Phi) is 6.70. The van der Waals surface area contributed by atoms with Crippen LogP contribution in [0.4, 0.5) is 0 Å². The average molecular weight is 468 g/mol. The van der Waals surface area contributed by atoms with Crippen molar-refractivity contribution >= 4 is 22.7 Å². The van der Waals surface area contributed by atoms with Crippen molar-refractivity contribution < 1.29 is 14.3 Å². The lowest BCUT2D eigenvalue weighted by Crippen LogP contribution is -2.33. The van der Waals surface area contributed by atoms with Gasteiger partial charge in [-0.3, -0.25) is 19.7 Å². The Morgan fingerprint density at radius 2 is 1.83 bits per heavy atom. The number of nitrogens with one attached hydrogen (secondary N) is 1. The normalized spacial score (nSPS) is 20.0. The lowest BCUT2D eigenvalue weighted by Gasteiger charge is -2.34. The summed E-state index contributed by atoms with van der Waals surface area (Å²) in [6.45, 7) is 0. The highest BCUT2D eigenvalue weighted by Crippen LogP contribution is 2.39. The number of nitrogens with zero attached hydrogens (tertiary/aromatic N) is 2. The predicted octanol–water partition coefficient (Wildman–Crippen LogP) is 5.65. The molecule has 0 saturated heterocycles. The van der Waals surface area contributed by atoms with Crippen molar-refractivity contribution in [3.8, 4) is 11.3 Å². The van der Waals surface area contributed by atoms with Gasteiger partial charge in [-0.1, -0.05) is 30.3 Å². The first kappa shape index (κ1) is 23.0. The lowest BCUT2D eigenvalue weighted by atomic mass is 9.70. The number of Topliss-reactive ketones (excluding diaryl/α,β-unsaturated/α-hetero) is 1. The number of aromatic nitrogens is 3.